The lowest BCUT2D eigenvalue weighted by Crippen LogP contribution is -2.49. The zero-order valence-corrected chi connectivity index (χ0v) is 48.4. The number of allylic oxidation sites excluding steroid dienone is 1. The molecule has 3 heterocycles. The highest BCUT2D eigenvalue weighted by molar-refractivity contribution is 6.20. The molecule has 3 aromatic heterocycles. The van der Waals surface area contributed by atoms with E-state index in [-0.39, 0.29) is 5.84 Å². The van der Waals surface area contributed by atoms with E-state index in [0.717, 1.165) is 127 Å². The fourth-order valence-electron chi connectivity index (χ4n) is 13.5. The van der Waals surface area contributed by atoms with Gasteiger partial charge in [-0.15, -0.1) is 0 Å². The summed E-state index contributed by atoms with van der Waals surface area (Å²) in [7, 11) is 2.15. The number of hydrogen-bond donors (Lipinski definition) is 1. The SMILES string of the molecule is C/C=C(/c1ccccc1)C(Cc1ccccc1)(CN(C)C(=NC(=N)c1ccc2c(c1)oc1ccccc12)c1ccc2c(c1)oc1ccccc12)n1c2c(-c3ccccc3)cc(-c3ccccc3)cc2c2cc(-c3ccccc3)cc(-c3ccccc3)c21. The lowest BCUT2D eigenvalue weighted by molar-refractivity contribution is 0.311. The molecule has 6 nitrogen and oxygen atoms in total. The summed E-state index contributed by atoms with van der Waals surface area (Å²) < 4.78 is 15.9. The highest BCUT2D eigenvalue weighted by atomic mass is 16.3. The van der Waals surface area contributed by atoms with Gasteiger partial charge in [0.2, 0.25) is 0 Å². The molecule has 6 heteroatoms. The van der Waals surface area contributed by atoms with Gasteiger partial charge < -0.3 is 18.3 Å². The van der Waals surface area contributed by atoms with Crippen LogP contribution in [0.5, 0.6) is 0 Å². The third kappa shape index (κ3) is 9.49. The molecule has 0 spiro atoms. The number of aromatic nitrogens is 1. The minimum absolute atomic E-state index is 0.100. The van der Waals surface area contributed by atoms with Crippen LogP contribution in [0, 0.1) is 5.41 Å². The van der Waals surface area contributed by atoms with Crippen LogP contribution in [0.4, 0.5) is 0 Å². The predicted molar refractivity (Wildman–Crippen MR) is 363 cm³/mol. The van der Waals surface area contributed by atoms with Crippen LogP contribution in [-0.4, -0.2) is 34.7 Å². The first-order valence-electron chi connectivity index (χ1n) is 29.8. The van der Waals surface area contributed by atoms with Gasteiger partial charge in [-0.1, -0.05) is 237 Å². The van der Waals surface area contributed by atoms with E-state index in [2.05, 4.69) is 278 Å². The zero-order chi connectivity index (χ0) is 58.4. The van der Waals surface area contributed by atoms with Crippen LogP contribution in [0.15, 0.2) is 311 Å². The number of furan rings is 2. The Morgan fingerprint density at radius 2 is 0.828 bits per heavy atom. The van der Waals surface area contributed by atoms with Gasteiger partial charge in [-0.2, -0.15) is 0 Å². The van der Waals surface area contributed by atoms with Crippen LogP contribution in [0.1, 0.15) is 29.2 Å². The molecule has 0 saturated carbocycles. The number of nitrogens with one attached hydrogen (secondary N) is 1. The minimum atomic E-state index is -0.971. The van der Waals surface area contributed by atoms with Crippen molar-refractivity contribution in [1.29, 1.82) is 5.41 Å². The standard InChI is InChI=1S/C81H60N4O2/c1-3-72(59-36-20-9-21-37-59)81(52-54-26-10-4-11-27-54,53-84(2)80(61-43-45-67-65-39-23-25-41-74(65)87-76(67)51-61)83-79(82)60-42-44-66-64-38-22-24-40-73(64)86-75(66)50-60)85-77-68(57-32-16-7-17-33-57)46-62(55-28-12-5-13-29-55)48-70(77)71-49-63(56-30-14-6-15-31-56)47-69(78(71)85)58-34-18-8-19-35-58/h3-51,82H,52-53H2,1-2H3/b72-3-,82-79?,83-80?. The van der Waals surface area contributed by atoms with Gasteiger partial charge in [-0.25, -0.2) is 4.99 Å². The number of amidine groups is 2. The Kier molecular flexibility index (Phi) is 13.4. The maximum Gasteiger partial charge on any atom is 0.154 e. The lowest BCUT2D eigenvalue weighted by Gasteiger charge is -2.44. The molecule has 1 N–H and O–H groups in total. The quantitative estimate of drug-likeness (QED) is 0.0924. The third-order valence-corrected chi connectivity index (χ3v) is 17.4. The van der Waals surface area contributed by atoms with Crippen molar-refractivity contribution in [2.75, 3.05) is 13.6 Å². The van der Waals surface area contributed by atoms with Crippen molar-refractivity contribution >= 4 is 82.9 Å². The molecule has 416 valence electrons. The summed E-state index contributed by atoms with van der Waals surface area (Å²) in [4.78, 5) is 7.83. The van der Waals surface area contributed by atoms with Crippen LogP contribution in [0.2, 0.25) is 0 Å². The summed E-state index contributed by atoms with van der Waals surface area (Å²) in [5, 5.41) is 16.5. The van der Waals surface area contributed by atoms with Crippen LogP contribution >= 0.6 is 0 Å². The molecule has 0 radical (unpaired) electrons. The predicted octanol–water partition coefficient (Wildman–Crippen LogP) is 20.7. The van der Waals surface area contributed by atoms with Crippen molar-refractivity contribution in [3.8, 4) is 44.5 Å². The molecule has 1 unspecified atom stereocenters. The third-order valence-electron chi connectivity index (χ3n) is 17.4. The first-order valence-corrected chi connectivity index (χ1v) is 29.8. The number of benzene rings is 12. The number of rotatable bonds is 13. The molecule has 1 atom stereocenters. The monoisotopic (exact) mass is 1120 g/mol. The normalized spacial score (nSPS) is 12.9. The molecule has 0 aliphatic carbocycles. The molecule has 15 rings (SSSR count). The average Bonchev–Trinajstić information content (AvgIpc) is 1.59. The van der Waals surface area contributed by atoms with Gasteiger partial charge in [0.25, 0.3) is 0 Å². The second-order valence-corrected chi connectivity index (χ2v) is 22.7. The van der Waals surface area contributed by atoms with Crippen molar-refractivity contribution in [3.05, 3.63) is 320 Å². The molecule has 12 aromatic carbocycles. The first kappa shape index (κ1) is 52.7. The molecule has 15 aromatic rings. The molecule has 0 saturated heterocycles. The Hall–Kier alpha value is -11.1. The van der Waals surface area contributed by atoms with E-state index in [1.54, 1.807) is 0 Å². The second-order valence-electron chi connectivity index (χ2n) is 22.7. The number of aliphatic imine (C=N–C) groups is 1. The van der Waals surface area contributed by atoms with Gasteiger partial charge in [0.15, 0.2) is 5.84 Å². The molecular weight excluding hydrogens is 1060 g/mol. The highest BCUT2D eigenvalue weighted by Crippen LogP contribution is 2.51. The topological polar surface area (TPSA) is 70.7 Å². The smallest absolute Gasteiger partial charge is 0.154 e. The van der Waals surface area contributed by atoms with Crippen molar-refractivity contribution in [1.82, 2.24) is 9.47 Å². The van der Waals surface area contributed by atoms with E-state index in [1.165, 1.54) is 0 Å². The number of likely N-dealkylation sites (N-methyl/N-ethyl adjacent to an activating group) is 1. The fourth-order valence-corrected chi connectivity index (χ4v) is 13.5. The minimum Gasteiger partial charge on any atom is -0.456 e. The summed E-state index contributed by atoms with van der Waals surface area (Å²) in [5.41, 5.74) is 18.1. The van der Waals surface area contributed by atoms with Gasteiger partial charge in [0.05, 0.1) is 16.6 Å². The molecule has 87 heavy (non-hydrogen) atoms. The van der Waals surface area contributed by atoms with Crippen LogP contribution < -0.4 is 0 Å². The summed E-state index contributed by atoms with van der Waals surface area (Å²) in [6.07, 6.45) is 2.90. The summed E-state index contributed by atoms with van der Waals surface area (Å²) in [6.45, 7) is 2.58. The number of para-hydroxylation sites is 2. The Morgan fingerprint density at radius 3 is 1.32 bits per heavy atom. The van der Waals surface area contributed by atoms with E-state index in [0.29, 0.717) is 29.9 Å². The van der Waals surface area contributed by atoms with Crippen LogP contribution in [-0.2, 0) is 12.0 Å². The van der Waals surface area contributed by atoms with Gasteiger partial charge in [-0.3, -0.25) is 5.41 Å². The Morgan fingerprint density at radius 1 is 0.414 bits per heavy atom. The largest absolute Gasteiger partial charge is 0.456 e. The van der Waals surface area contributed by atoms with E-state index in [1.807, 2.05) is 42.5 Å². The summed E-state index contributed by atoms with van der Waals surface area (Å²) in [6, 6.07) is 104. The zero-order valence-electron chi connectivity index (χ0n) is 48.4. The molecule has 0 aliphatic heterocycles. The van der Waals surface area contributed by atoms with Gasteiger partial charge in [0, 0.05) is 74.6 Å². The summed E-state index contributed by atoms with van der Waals surface area (Å²) in [5.74, 6) is 0.710. The number of nitrogens with zero attached hydrogens (tertiary/aromatic N) is 3. The van der Waals surface area contributed by atoms with E-state index in [4.69, 9.17) is 13.8 Å². The van der Waals surface area contributed by atoms with Gasteiger partial charge in [0.1, 0.15) is 28.2 Å². The van der Waals surface area contributed by atoms with Crippen LogP contribution in [0.3, 0.4) is 0 Å². The Balaban J connectivity index is 1.07. The molecule has 0 fully saturated rings. The van der Waals surface area contributed by atoms with E-state index >= 15 is 0 Å². The lowest BCUT2D eigenvalue weighted by atomic mass is 9.78. The maximum absolute atomic E-state index is 10.1. The second kappa shape index (κ2) is 22.2. The highest BCUT2D eigenvalue weighted by Gasteiger charge is 2.43. The first-order chi connectivity index (χ1) is 42.9. The van der Waals surface area contributed by atoms with Gasteiger partial charge >= 0.3 is 0 Å². The van der Waals surface area contributed by atoms with Crippen molar-refractivity contribution in [2.24, 2.45) is 4.99 Å². The van der Waals surface area contributed by atoms with E-state index < -0.39 is 5.54 Å². The van der Waals surface area contributed by atoms with Crippen LogP contribution in [0.25, 0.3) is 116 Å². The van der Waals surface area contributed by atoms with Gasteiger partial charge in [-0.05, 0) is 118 Å². The fraction of sp³-hybridized carbons (Fsp3) is 0.0617. The molecule has 0 amide bonds. The van der Waals surface area contributed by atoms with Crippen molar-refractivity contribution in [3.63, 3.8) is 0 Å². The Bertz CT molecular complexity index is 4980. The van der Waals surface area contributed by atoms with Crippen molar-refractivity contribution < 1.29 is 8.83 Å². The van der Waals surface area contributed by atoms with E-state index in [9.17, 15) is 5.41 Å². The Labute approximate surface area is 505 Å². The summed E-state index contributed by atoms with van der Waals surface area (Å²) >= 11 is 0. The number of fused-ring (bicyclic) bond motifs is 9. The molecule has 0 bridgehead atoms. The maximum atomic E-state index is 10.1. The van der Waals surface area contributed by atoms with Crippen molar-refractivity contribution in [2.45, 2.75) is 18.9 Å². The average molecular weight is 1120 g/mol. The molecular formula is C81H60N4O2. The number of hydrogen-bond acceptors (Lipinski definition) is 3. The molecule has 0 aliphatic rings.